The minimum absolute atomic E-state index is 0.314. The Morgan fingerprint density at radius 3 is 2.94 bits per heavy atom. The predicted molar refractivity (Wildman–Crippen MR) is 67.0 cm³/mol. The molecule has 0 spiro atoms. The van der Waals surface area contributed by atoms with Crippen LogP contribution in [-0.2, 0) is 9.84 Å². The van der Waals surface area contributed by atoms with E-state index >= 15 is 0 Å². The lowest BCUT2D eigenvalue weighted by Gasteiger charge is -2.33. The van der Waals surface area contributed by atoms with E-state index in [1.54, 1.807) is 18.3 Å². The van der Waals surface area contributed by atoms with Crippen LogP contribution in [0.15, 0.2) is 23.2 Å². The topological polar surface area (TPSA) is 62.3 Å². The summed E-state index contributed by atoms with van der Waals surface area (Å²) in [4.78, 5) is 6.56. The largest absolute Gasteiger partial charge is 0.353 e. The zero-order valence-corrected chi connectivity index (χ0v) is 10.9. The number of piperazine rings is 1. The van der Waals surface area contributed by atoms with Crippen LogP contribution in [0.5, 0.6) is 0 Å². The number of sulfone groups is 1. The van der Waals surface area contributed by atoms with E-state index in [1.165, 1.54) is 6.26 Å². The van der Waals surface area contributed by atoms with Crippen LogP contribution < -0.4 is 10.2 Å². The molecule has 1 aliphatic heterocycles. The molecule has 2 rings (SSSR count). The zero-order valence-electron chi connectivity index (χ0n) is 10.0. The molecule has 1 N–H and O–H groups in total. The van der Waals surface area contributed by atoms with Crippen LogP contribution in [-0.4, -0.2) is 45.3 Å². The number of anilines is 1. The molecule has 0 unspecified atom stereocenters. The van der Waals surface area contributed by atoms with Gasteiger partial charge in [-0.2, -0.15) is 0 Å². The van der Waals surface area contributed by atoms with Crippen LogP contribution in [0.4, 0.5) is 5.82 Å². The smallest absolute Gasteiger partial charge is 0.179 e. The van der Waals surface area contributed by atoms with Crippen molar-refractivity contribution >= 4 is 15.7 Å². The number of pyridine rings is 1. The highest BCUT2D eigenvalue weighted by Crippen LogP contribution is 2.22. The second-order valence-electron chi connectivity index (χ2n) is 4.40. The van der Waals surface area contributed by atoms with Gasteiger partial charge in [-0.25, -0.2) is 13.4 Å². The SMILES string of the molecule is C[C@H]1CN(c2ncccc2S(C)(=O)=O)CCN1. The summed E-state index contributed by atoms with van der Waals surface area (Å²) < 4.78 is 23.4. The van der Waals surface area contributed by atoms with Crippen molar-refractivity contribution in [3.63, 3.8) is 0 Å². The van der Waals surface area contributed by atoms with Crippen LogP contribution in [0.25, 0.3) is 0 Å². The Balaban J connectivity index is 2.38. The van der Waals surface area contributed by atoms with E-state index < -0.39 is 9.84 Å². The summed E-state index contributed by atoms with van der Waals surface area (Å²) in [5, 5.41) is 3.32. The first-order chi connectivity index (χ1) is 7.98. The van der Waals surface area contributed by atoms with Crippen LogP contribution in [0.1, 0.15) is 6.92 Å². The first-order valence-electron chi connectivity index (χ1n) is 5.62. The summed E-state index contributed by atoms with van der Waals surface area (Å²) in [6.45, 7) is 4.49. The normalized spacial score (nSPS) is 21.5. The second kappa shape index (κ2) is 4.62. The molecule has 0 aromatic carbocycles. The average molecular weight is 255 g/mol. The Labute approximate surface area is 102 Å². The molecular formula is C11H17N3O2S. The van der Waals surface area contributed by atoms with Gasteiger partial charge in [0, 0.05) is 38.1 Å². The highest BCUT2D eigenvalue weighted by Gasteiger charge is 2.22. The van der Waals surface area contributed by atoms with E-state index in [2.05, 4.69) is 17.2 Å². The Morgan fingerprint density at radius 2 is 2.29 bits per heavy atom. The van der Waals surface area contributed by atoms with Gasteiger partial charge in [-0.05, 0) is 19.1 Å². The molecule has 1 saturated heterocycles. The van der Waals surface area contributed by atoms with Gasteiger partial charge >= 0.3 is 0 Å². The molecule has 0 bridgehead atoms. The lowest BCUT2D eigenvalue weighted by molar-refractivity contribution is 0.480. The number of hydrogen-bond donors (Lipinski definition) is 1. The predicted octanol–water partition coefficient (Wildman–Crippen LogP) is 0.283. The fraction of sp³-hybridized carbons (Fsp3) is 0.545. The summed E-state index contributed by atoms with van der Waals surface area (Å²) in [6, 6.07) is 3.62. The highest BCUT2D eigenvalue weighted by molar-refractivity contribution is 7.90. The molecule has 2 heterocycles. The minimum atomic E-state index is -3.22. The molecule has 94 valence electrons. The fourth-order valence-electron chi connectivity index (χ4n) is 2.03. The van der Waals surface area contributed by atoms with Crippen molar-refractivity contribution in [2.45, 2.75) is 17.9 Å². The van der Waals surface area contributed by atoms with Crippen LogP contribution in [0, 0.1) is 0 Å². The van der Waals surface area contributed by atoms with E-state index in [1.807, 2.05) is 4.90 Å². The van der Waals surface area contributed by atoms with Gasteiger partial charge in [-0.1, -0.05) is 0 Å². The van der Waals surface area contributed by atoms with Gasteiger partial charge in [0.2, 0.25) is 0 Å². The molecule has 1 aromatic heterocycles. The number of nitrogens with zero attached hydrogens (tertiary/aromatic N) is 2. The van der Waals surface area contributed by atoms with E-state index in [9.17, 15) is 8.42 Å². The van der Waals surface area contributed by atoms with Gasteiger partial charge in [-0.15, -0.1) is 0 Å². The van der Waals surface area contributed by atoms with Gasteiger partial charge in [0.15, 0.2) is 9.84 Å². The molecule has 1 atom stereocenters. The fourth-order valence-corrected chi connectivity index (χ4v) is 2.87. The van der Waals surface area contributed by atoms with Crippen molar-refractivity contribution in [3.05, 3.63) is 18.3 Å². The summed E-state index contributed by atoms with van der Waals surface area (Å²) in [6.07, 6.45) is 2.86. The Kier molecular flexibility index (Phi) is 3.35. The van der Waals surface area contributed by atoms with Crippen molar-refractivity contribution in [1.29, 1.82) is 0 Å². The first kappa shape index (κ1) is 12.3. The van der Waals surface area contributed by atoms with E-state index in [-0.39, 0.29) is 0 Å². The number of hydrogen-bond acceptors (Lipinski definition) is 5. The molecule has 0 radical (unpaired) electrons. The van der Waals surface area contributed by atoms with Crippen molar-refractivity contribution in [1.82, 2.24) is 10.3 Å². The van der Waals surface area contributed by atoms with Crippen LogP contribution in [0.2, 0.25) is 0 Å². The third-order valence-corrected chi connectivity index (χ3v) is 3.94. The monoisotopic (exact) mass is 255 g/mol. The van der Waals surface area contributed by atoms with Gasteiger partial charge in [0.05, 0.1) is 0 Å². The number of aromatic nitrogens is 1. The van der Waals surface area contributed by atoms with Gasteiger partial charge < -0.3 is 10.2 Å². The lowest BCUT2D eigenvalue weighted by atomic mass is 10.2. The van der Waals surface area contributed by atoms with Gasteiger partial charge in [0.25, 0.3) is 0 Å². The van der Waals surface area contributed by atoms with Crippen LogP contribution in [0.3, 0.4) is 0 Å². The Bertz CT molecular complexity index is 501. The Hall–Kier alpha value is -1.14. The summed E-state index contributed by atoms with van der Waals surface area (Å²) in [5.74, 6) is 0.573. The maximum absolute atomic E-state index is 11.7. The summed E-state index contributed by atoms with van der Waals surface area (Å²) in [7, 11) is -3.22. The third kappa shape index (κ3) is 2.76. The molecule has 0 amide bonds. The average Bonchev–Trinajstić information content (AvgIpc) is 2.28. The molecule has 17 heavy (non-hydrogen) atoms. The maximum atomic E-state index is 11.7. The molecular weight excluding hydrogens is 238 g/mol. The lowest BCUT2D eigenvalue weighted by Crippen LogP contribution is -2.49. The van der Waals surface area contributed by atoms with Crippen molar-refractivity contribution in [3.8, 4) is 0 Å². The molecule has 0 saturated carbocycles. The van der Waals surface area contributed by atoms with Crippen molar-refractivity contribution < 1.29 is 8.42 Å². The van der Waals surface area contributed by atoms with Gasteiger partial charge in [0.1, 0.15) is 10.7 Å². The zero-order chi connectivity index (χ0) is 12.5. The third-order valence-electron chi connectivity index (χ3n) is 2.82. The van der Waals surface area contributed by atoms with E-state index in [0.29, 0.717) is 16.8 Å². The van der Waals surface area contributed by atoms with E-state index in [0.717, 1.165) is 19.6 Å². The number of nitrogens with one attached hydrogen (secondary N) is 1. The Morgan fingerprint density at radius 1 is 1.53 bits per heavy atom. The molecule has 1 aromatic rings. The van der Waals surface area contributed by atoms with Crippen LogP contribution >= 0.6 is 0 Å². The van der Waals surface area contributed by atoms with E-state index in [4.69, 9.17) is 0 Å². The highest BCUT2D eigenvalue weighted by atomic mass is 32.2. The number of rotatable bonds is 2. The molecule has 5 nitrogen and oxygen atoms in total. The molecule has 6 heteroatoms. The second-order valence-corrected chi connectivity index (χ2v) is 6.38. The molecule has 1 aliphatic rings. The first-order valence-corrected chi connectivity index (χ1v) is 7.51. The molecule has 1 fully saturated rings. The van der Waals surface area contributed by atoms with Crippen molar-refractivity contribution in [2.24, 2.45) is 0 Å². The quantitative estimate of drug-likeness (QED) is 0.822. The van der Waals surface area contributed by atoms with Crippen molar-refractivity contribution in [2.75, 3.05) is 30.8 Å². The summed E-state index contributed by atoms with van der Waals surface area (Å²) in [5.41, 5.74) is 0. The van der Waals surface area contributed by atoms with Gasteiger partial charge in [-0.3, -0.25) is 0 Å². The minimum Gasteiger partial charge on any atom is -0.353 e. The maximum Gasteiger partial charge on any atom is 0.179 e. The molecule has 0 aliphatic carbocycles. The standard InChI is InChI=1S/C11H17N3O2S/c1-9-8-14(7-6-12-9)11-10(17(2,15)16)4-3-5-13-11/h3-5,9,12H,6-8H2,1-2H3/t9-/m0/s1. The summed E-state index contributed by atoms with van der Waals surface area (Å²) >= 11 is 0.